The number of rotatable bonds is 6. The van der Waals surface area contributed by atoms with E-state index in [1.165, 1.54) is 10.4 Å². The van der Waals surface area contributed by atoms with Gasteiger partial charge in [-0.25, -0.2) is 8.42 Å². The van der Waals surface area contributed by atoms with E-state index in [4.69, 9.17) is 0 Å². The van der Waals surface area contributed by atoms with E-state index in [-0.39, 0.29) is 10.8 Å². The Morgan fingerprint density at radius 1 is 1.20 bits per heavy atom. The van der Waals surface area contributed by atoms with Crippen LogP contribution in [0.15, 0.2) is 23.1 Å². The number of benzene rings is 1. The van der Waals surface area contributed by atoms with Crippen molar-refractivity contribution in [1.29, 1.82) is 0 Å². The van der Waals surface area contributed by atoms with Crippen LogP contribution in [0.25, 0.3) is 0 Å². The number of nitrogens with one attached hydrogen (secondary N) is 1. The summed E-state index contributed by atoms with van der Waals surface area (Å²) in [6.45, 7) is 8.51. The zero-order valence-corrected chi connectivity index (χ0v) is 13.3. The van der Waals surface area contributed by atoms with Crippen molar-refractivity contribution in [2.45, 2.75) is 32.6 Å². The first kappa shape index (κ1) is 16.7. The molecule has 1 N–H and O–H groups in total. The minimum Gasteiger partial charge on any atom is -0.352 e. The Hall–Kier alpha value is -1.40. The fraction of sp³-hybridized carbons (Fsp3) is 0.500. The highest BCUT2D eigenvalue weighted by molar-refractivity contribution is 7.89. The molecule has 20 heavy (non-hydrogen) atoms. The zero-order chi connectivity index (χ0) is 15.3. The molecule has 0 bridgehead atoms. The molecule has 1 aromatic carbocycles. The predicted molar refractivity (Wildman–Crippen MR) is 79.3 cm³/mol. The van der Waals surface area contributed by atoms with E-state index in [9.17, 15) is 13.2 Å². The van der Waals surface area contributed by atoms with Gasteiger partial charge in [-0.1, -0.05) is 19.9 Å². The fourth-order valence-electron chi connectivity index (χ4n) is 1.97. The number of hydrogen-bond donors (Lipinski definition) is 1. The maximum Gasteiger partial charge on any atom is 0.251 e. The molecule has 112 valence electrons. The molecule has 1 rings (SSSR count). The van der Waals surface area contributed by atoms with Crippen molar-refractivity contribution in [2.75, 3.05) is 19.6 Å². The highest BCUT2D eigenvalue weighted by Gasteiger charge is 2.23. The lowest BCUT2D eigenvalue weighted by Crippen LogP contribution is -2.31. The first-order valence-corrected chi connectivity index (χ1v) is 8.21. The van der Waals surface area contributed by atoms with E-state index in [0.29, 0.717) is 25.2 Å². The van der Waals surface area contributed by atoms with Crippen LogP contribution in [0.1, 0.15) is 36.7 Å². The van der Waals surface area contributed by atoms with Gasteiger partial charge in [0.15, 0.2) is 0 Å². The number of nitrogens with zero attached hydrogens (tertiary/aromatic N) is 1. The average molecular weight is 298 g/mol. The minimum absolute atomic E-state index is 0.160. The van der Waals surface area contributed by atoms with Crippen molar-refractivity contribution in [3.63, 3.8) is 0 Å². The van der Waals surface area contributed by atoms with E-state index in [1.54, 1.807) is 32.9 Å². The summed E-state index contributed by atoms with van der Waals surface area (Å²) < 4.78 is 26.2. The Morgan fingerprint density at radius 2 is 1.80 bits per heavy atom. The molecule has 0 unspecified atom stereocenters. The number of aryl methyl sites for hydroxylation is 1. The second-order valence-corrected chi connectivity index (χ2v) is 6.36. The molecule has 0 fully saturated rings. The van der Waals surface area contributed by atoms with Crippen LogP contribution in [-0.4, -0.2) is 38.3 Å². The summed E-state index contributed by atoms with van der Waals surface area (Å²) >= 11 is 0. The zero-order valence-electron chi connectivity index (χ0n) is 12.4. The van der Waals surface area contributed by atoms with Crippen LogP contribution < -0.4 is 5.32 Å². The van der Waals surface area contributed by atoms with E-state index >= 15 is 0 Å². The highest BCUT2D eigenvalue weighted by atomic mass is 32.2. The van der Waals surface area contributed by atoms with Crippen molar-refractivity contribution in [3.05, 3.63) is 29.3 Å². The molecule has 0 aromatic heterocycles. The van der Waals surface area contributed by atoms with E-state index < -0.39 is 10.0 Å². The van der Waals surface area contributed by atoms with Gasteiger partial charge in [0.2, 0.25) is 10.0 Å². The Labute approximate surface area is 121 Å². The average Bonchev–Trinajstić information content (AvgIpc) is 2.40. The SMILES string of the molecule is CCNC(=O)c1cc(S(=O)(=O)N(CC)CC)ccc1C. The van der Waals surface area contributed by atoms with Gasteiger partial charge in [0.05, 0.1) is 4.90 Å². The molecule has 1 amide bonds. The number of amides is 1. The third-order valence-corrected chi connectivity index (χ3v) is 5.18. The third-order valence-electron chi connectivity index (χ3n) is 3.13. The first-order chi connectivity index (χ1) is 9.38. The fourth-order valence-corrected chi connectivity index (χ4v) is 3.46. The van der Waals surface area contributed by atoms with Crippen LogP contribution in [-0.2, 0) is 10.0 Å². The van der Waals surface area contributed by atoms with E-state index in [0.717, 1.165) is 5.56 Å². The maximum absolute atomic E-state index is 12.4. The van der Waals surface area contributed by atoms with Crippen molar-refractivity contribution < 1.29 is 13.2 Å². The summed E-state index contributed by atoms with van der Waals surface area (Å²) in [5.74, 6) is -0.249. The Balaban J connectivity index is 3.28. The molecule has 0 aliphatic rings. The molecule has 0 aliphatic heterocycles. The molecular formula is C14H22N2O3S. The minimum atomic E-state index is -3.54. The third kappa shape index (κ3) is 3.37. The molecule has 0 spiro atoms. The number of carbonyl (C=O) groups is 1. The van der Waals surface area contributed by atoms with Crippen LogP contribution in [0.3, 0.4) is 0 Å². The van der Waals surface area contributed by atoms with Crippen molar-refractivity contribution >= 4 is 15.9 Å². The van der Waals surface area contributed by atoms with E-state index in [1.807, 2.05) is 6.92 Å². The smallest absolute Gasteiger partial charge is 0.251 e. The quantitative estimate of drug-likeness (QED) is 0.870. The maximum atomic E-state index is 12.4. The van der Waals surface area contributed by atoms with Gasteiger partial charge >= 0.3 is 0 Å². The van der Waals surface area contributed by atoms with Crippen LogP contribution in [0.2, 0.25) is 0 Å². The summed E-state index contributed by atoms with van der Waals surface area (Å²) in [5, 5.41) is 2.69. The second kappa shape index (κ2) is 6.85. The Kier molecular flexibility index (Phi) is 5.71. The van der Waals surface area contributed by atoms with Gasteiger partial charge < -0.3 is 5.32 Å². The van der Waals surface area contributed by atoms with Gasteiger partial charge in [-0.15, -0.1) is 0 Å². The van der Waals surface area contributed by atoms with Gasteiger partial charge in [0.25, 0.3) is 5.91 Å². The summed E-state index contributed by atoms with van der Waals surface area (Å²) in [6, 6.07) is 4.67. The molecule has 0 atom stereocenters. The normalized spacial score (nSPS) is 11.7. The van der Waals surface area contributed by atoms with Crippen LogP contribution in [0.5, 0.6) is 0 Å². The molecule has 0 aliphatic carbocycles. The predicted octanol–water partition coefficient (Wildman–Crippen LogP) is 1.78. The highest BCUT2D eigenvalue weighted by Crippen LogP contribution is 2.19. The molecular weight excluding hydrogens is 276 g/mol. The summed E-state index contributed by atoms with van der Waals surface area (Å²) in [6.07, 6.45) is 0. The van der Waals surface area contributed by atoms with Gasteiger partial charge in [-0.05, 0) is 31.5 Å². The topological polar surface area (TPSA) is 66.5 Å². The van der Waals surface area contributed by atoms with Gasteiger partial charge in [0, 0.05) is 25.2 Å². The second-order valence-electron chi connectivity index (χ2n) is 4.43. The van der Waals surface area contributed by atoms with Gasteiger partial charge in [0.1, 0.15) is 0 Å². The molecule has 0 saturated carbocycles. The monoisotopic (exact) mass is 298 g/mol. The number of sulfonamides is 1. The molecule has 0 radical (unpaired) electrons. The van der Waals surface area contributed by atoms with Crippen molar-refractivity contribution in [1.82, 2.24) is 9.62 Å². The number of hydrogen-bond acceptors (Lipinski definition) is 3. The number of carbonyl (C=O) groups excluding carboxylic acids is 1. The molecule has 1 aromatic rings. The standard InChI is InChI=1S/C14H22N2O3S/c1-5-15-14(17)13-10-12(9-8-11(13)4)20(18,19)16(6-2)7-3/h8-10H,5-7H2,1-4H3,(H,15,17). The Morgan fingerprint density at radius 3 is 2.30 bits per heavy atom. The van der Waals surface area contributed by atoms with Crippen molar-refractivity contribution in [2.24, 2.45) is 0 Å². The molecule has 0 heterocycles. The van der Waals surface area contributed by atoms with E-state index in [2.05, 4.69) is 5.32 Å². The molecule has 6 heteroatoms. The molecule has 5 nitrogen and oxygen atoms in total. The Bertz CT molecular complexity index is 578. The van der Waals surface area contributed by atoms with Gasteiger partial charge in [-0.2, -0.15) is 4.31 Å². The van der Waals surface area contributed by atoms with Gasteiger partial charge in [-0.3, -0.25) is 4.79 Å². The van der Waals surface area contributed by atoms with Crippen LogP contribution in [0.4, 0.5) is 0 Å². The largest absolute Gasteiger partial charge is 0.352 e. The first-order valence-electron chi connectivity index (χ1n) is 6.77. The summed E-state index contributed by atoms with van der Waals surface area (Å²) in [5.41, 5.74) is 1.16. The lowest BCUT2D eigenvalue weighted by molar-refractivity contribution is 0.0955. The van der Waals surface area contributed by atoms with Crippen LogP contribution >= 0.6 is 0 Å². The summed E-state index contributed by atoms with van der Waals surface area (Å²) in [7, 11) is -3.54. The lowest BCUT2D eigenvalue weighted by atomic mass is 10.1. The van der Waals surface area contributed by atoms with Crippen LogP contribution in [0, 0.1) is 6.92 Å². The van der Waals surface area contributed by atoms with Crippen molar-refractivity contribution in [3.8, 4) is 0 Å². The summed E-state index contributed by atoms with van der Waals surface area (Å²) in [4.78, 5) is 12.1. The molecule has 0 saturated heterocycles. The lowest BCUT2D eigenvalue weighted by Gasteiger charge is -2.19.